The Kier molecular flexibility index (Phi) is 3.00. The molecule has 3 heteroatoms. The highest BCUT2D eigenvalue weighted by Gasteiger charge is 2.24. The van der Waals surface area contributed by atoms with Crippen LogP contribution in [0.3, 0.4) is 0 Å². The van der Waals surface area contributed by atoms with E-state index < -0.39 is 0 Å². The Balaban J connectivity index is 3.16. The standard InChI is InChI=1S/C11H19NO2/c1-7(2)10-12-9(11(3,4)5)8(6-13)14-10/h7,13H,6H2,1-5H3. The lowest BCUT2D eigenvalue weighted by atomic mass is 9.91. The van der Waals surface area contributed by atoms with Crippen LogP contribution in [-0.2, 0) is 12.0 Å². The molecule has 1 aromatic heterocycles. The van der Waals surface area contributed by atoms with E-state index in [1.807, 2.05) is 13.8 Å². The average molecular weight is 197 g/mol. The molecule has 0 unspecified atom stereocenters. The number of nitrogens with zero attached hydrogens (tertiary/aromatic N) is 1. The van der Waals surface area contributed by atoms with Crippen LogP contribution in [0.1, 0.15) is 57.9 Å². The van der Waals surface area contributed by atoms with Gasteiger partial charge in [0, 0.05) is 11.3 Å². The maximum absolute atomic E-state index is 9.14. The fourth-order valence-corrected chi connectivity index (χ4v) is 1.31. The van der Waals surface area contributed by atoms with Gasteiger partial charge in [0.05, 0.1) is 5.69 Å². The van der Waals surface area contributed by atoms with E-state index in [9.17, 15) is 0 Å². The van der Waals surface area contributed by atoms with Crippen molar-refractivity contribution >= 4 is 0 Å². The van der Waals surface area contributed by atoms with Crippen LogP contribution in [0.15, 0.2) is 4.42 Å². The van der Waals surface area contributed by atoms with Gasteiger partial charge < -0.3 is 9.52 Å². The van der Waals surface area contributed by atoms with Crippen LogP contribution in [0.5, 0.6) is 0 Å². The molecular formula is C11H19NO2. The van der Waals surface area contributed by atoms with Gasteiger partial charge in [-0.25, -0.2) is 4.98 Å². The fraction of sp³-hybridized carbons (Fsp3) is 0.727. The van der Waals surface area contributed by atoms with Gasteiger partial charge in [-0.05, 0) is 0 Å². The molecule has 0 aliphatic rings. The minimum atomic E-state index is -0.0771. The summed E-state index contributed by atoms with van der Waals surface area (Å²) >= 11 is 0. The van der Waals surface area contributed by atoms with Gasteiger partial charge in [-0.3, -0.25) is 0 Å². The number of hydrogen-bond acceptors (Lipinski definition) is 3. The Morgan fingerprint density at radius 3 is 2.21 bits per heavy atom. The van der Waals surface area contributed by atoms with E-state index in [0.29, 0.717) is 11.7 Å². The first-order chi connectivity index (χ1) is 6.36. The number of aliphatic hydroxyl groups is 1. The molecule has 0 aromatic carbocycles. The van der Waals surface area contributed by atoms with Crippen molar-refractivity contribution in [3.63, 3.8) is 0 Å². The Morgan fingerprint density at radius 2 is 1.93 bits per heavy atom. The van der Waals surface area contributed by atoms with E-state index in [1.54, 1.807) is 0 Å². The lowest BCUT2D eigenvalue weighted by Gasteiger charge is -2.15. The van der Waals surface area contributed by atoms with E-state index in [1.165, 1.54) is 0 Å². The Morgan fingerprint density at radius 1 is 1.36 bits per heavy atom. The van der Waals surface area contributed by atoms with Crippen LogP contribution < -0.4 is 0 Å². The molecule has 1 N–H and O–H groups in total. The van der Waals surface area contributed by atoms with Crippen molar-refractivity contribution in [2.24, 2.45) is 0 Å². The smallest absolute Gasteiger partial charge is 0.197 e. The van der Waals surface area contributed by atoms with Gasteiger partial charge in [-0.15, -0.1) is 0 Å². The summed E-state index contributed by atoms with van der Waals surface area (Å²) in [6, 6.07) is 0. The topological polar surface area (TPSA) is 46.3 Å². The second kappa shape index (κ2) is 3.73. The van der Waals surface area contributed by atoms with E-state index in [-0.39, 0.29) is 17.9 Å². The molecule has 0 saturated heterocycles. The van der Waals surface area contributed by atoms with Crippen molar-refractivity contribution in [2.75, 3.05) is 0 Å². The average Bonchev–Trinajstić information content (AvgIpc) is 2.46. The van der Waals surface area contributed by atoms with Gasteiger partial charge in [0.2, 0.25) is 0 Å². The first-order valence-corrected chi connectivity index (χ1v) is 4.97. The van der Waals surface area contributed by atoms with Crippen molar-refractivity contribution in [3.8, 4) is 0 Å². The van der Waals surface area contributed by atoms with Crippen molar-refractivity contribution in [3.05, 3.63) is 17.3 Å². The molecule has 0 atom stereocenters. The SMILES string of the molecule is CC(C)c1nc(C(C)(C)C)c(CO)o1. The molecule has 0 amide bonds. The monoisotopic (exact) mass is 197 g/mol. The zero-order chi connectivity index (χ0) is 10.9. The zero-order valence-electron chi connectivity index (χ0n) is 9.59. The van der Waals surface area contributed by atoms with Crippen molar-refractivity contribution < 1.29 is 9.52 Å². The predicted molar refractivity (Wildman–Crippen MR) is 55.2 cm³/mol. The van der Waals surface area contributed by atoms with Crippen LogP contribution in [0.4, 0.5) is 0 Å². The molecular weight excluding hydrogens is 178 g/mol. The Labute approximate surface area is 85.2 Å². The highest BCUT2D eigenvalue weighted by atomic mass is 16.4. The summed E-state index contributed by atoms with van der Waals surface area (Å²) in [5.41, 5.74) is 0.790. The molecule has 0 fully saturated rings. The Bertz CT molecular complexity index is 308. The van der Waals surface area contributed by atoms with Gasteiger partial charge in [0.25, 0.3) is 0 Å². The minimum absolute atomic E-state index is 0.0747. The molecule has 0 radical (unpaired) electrons. The van der Waals surface area contributed by atoms with Crippen LogP contribution >= 0.6 is 0 Å². The van der Waals surface area contributed by atoms with E-state index in [4.69, 9.17) is 9.52 Å². The molecule has 3 nitrogen and oxygen atoms in total. The van der Waals surface area contributed by atoms with Gasteiger partial charge >= 0.3 is 0 Å². The van der Waals surface area contributed by atoms with Gasteiger partial charge in [0.15, 0.2) is 11.7 Å². The molecule has 80 valence electrons. The van der Waals surface area contributed by atoms with Crippen LogP contribution in [0, 0.1) is 0 Å². The summed E-state index contributed by atoms with van der Waals surface area (Å²) in [6.45, 7) is 10.2. The minimum Gasteiger partial charge on any atom is -0.443 e. The van der Waals surface area contributed by atoms with Crippen molar-refractivity contribution in [2.45, 2.75) is 52.6 Å². The number of hydrogen-bond donors (Lipinski definition) is 1. The summed E-state index contributed by atoms with van der Waals surface area (Å²) in [5.74, 6) is 1.57. The third-order valence-electron chi connectivity index (χ3n) is 2.06. The van der Waals surface area contributed by atoms with E-state index >= 15 is 0 Å². The number of oxazole rings is 1. The van der Waals surface area contributed by atoms with Gasteiger partial charge in [-0.2, -0.15) is 0 Å². The zero-order valence-corrected chi connectivity index (χ0v) is 9.59. The lowest BCUT2D eigenvalue weighted by molar-refractivity contribution is 0.238. The highest BCUT2D eigenvalue weighted by Crippen LogP contribution is 2.28. The normalized spacial score (nSPS) is 12.5. The highest BCUT2D eigenvalue weighted by molar-refractivity contribution is 5.18. The maximum Gasteiger partial charge on any atom is 0.197 e. The largest absolute Gasteiger partial charge is 0.443 e. The number of rotatable bonds is 2. The molecule has 14 heavy (non-hydrogen) atoms. The summed E-state index contributed by atoms with van der Waals surface area (Å²) in [7, 11) is 0. The summed E-state index contributed by atoms with van der Waals surface area (Å²) in [6.07, 6.45) is 0. The predicted octanol–water partition coefficient (Wildman–Crippen LogP) is 2.59. The lowest BCUT2D eigenvalue weighted by Crippen LogP contribution is -2.14. The van der Waals surface area contributed by atoms with Crippen LogP contribution in [-0.4, -0.2) is 10.1 Å². The second-order valence-electron chi connectivity index (χ2n) is 4.89. The first kappa shape index (κ1) is 11.2. The fourth-order valence-electron chi connectivity index (χ4n) is 1.31. The molecule has 0 aliphatic carbocycles. The van der Waals surface area contributed by atoms with Crippen molar-refractivity contribution in [1.82, 2.24) is 4.98 Å². The molecule has 1 rings (SSSR count). The maximum atomic E-state index is 9.14. The molecule has 1 heterocycles. The first-order valence-electron chi connectivity index (χ1n) is 4.97. The molecule has 0 bridgehead atoms. The van der Waals surface area contributed by atoms with E-state index in [0.717, 1.165) is 5.69 Å². The second-order valence-corrected chi connectivity index (χ2v) is 4.89. The molecule has 0 spiro atoms. The van der Waals surface area contributed by atoms with Crippen LogP contribution in [0.25, 0.3) is 0 Å². The summed E-state index contributed by atoms with van der Waals surface area (Å²) < 4.78 is 5.49. The third-order valence-corrected chi connectivity index (χ3v) is 2.06. The third kappa shape index (κ3) is 2.15. The van der Waals surface area contributed by atoms with E-state index in [2.05, 4.69) is 25.8 Å². The van der Waals surface area contributed by atoms with Crippen LogP contribution in [0.2, 0.25) is 0 Å². The Hall–Kier alpha value is -0.830. The van der Waals surface area contributed by atoms with Gasteiger partial charge in [-0.1, -0.05) is 34.6 Å². The number of aromatic nitrogens is 1. The van der Waals surface area contributed by atoms with Gasteiger partial charge in [0.1, 0.15) is 6.61 Å². The number of aliphatic hydroxyl groups excluding tert-OH is 1. The quantitative estimate of drug-likeness (QED) is 0.792. The molecule has 0 saturated carbocycles. The summed E-state index contributed by atoms with van der Waals surface area (Å²) in [5, 5.41) is 9.14. The van der Waals surface area contributed by atoms with Crippen molar-refractivity contribution in [1.29, 1.82) is 0 Å². The molecule has 0 aliphatic heterocycles. The summed E-state index contributed by atoms with van der Waals surface area (Å²) in [4.78, 5) is 4.43. The molecule has 1 aromatic rings.